The predicted octanol–water partition coefficient (Wildman–Crippen LogP) is 0.552. The molecule has 0 fully saturated rings. The Bertz CT molecular complexity index is 34.9. The zero-order chi connectivity index (χ0) is 4.99. The Balaban J connectivity index is 0. The molecule has 0 saturated carbocycles. The molecule has 0 amide bonds. The van der Waals surface area contributed by atoms with Crippen LogP contribution in [-0.2, 0) is 21.1 Å². The van der Waals surface area contributed by atoms with Gasteiger partial charge in [-0.2, -0.15) is 0 Å². The summed E-state index contributed by atoms with van der Waals surface area (Å²) in [7, 11) is 0. The van der Waals surface area contributed by atoms with Crippen molar-refractivity contribution in [2.24, 2.45) is 5.73 Å². The summed E-state index contributed by atoms with van der Waals surface area (Å²) in [6.45, 7) is 1.01. The van der Waals surface area contributed by atoms with Crippen molar-refractivity contribution in [3.05, 3.63) is 0 Å². The van der Waals surface area contributed by atoms with Crippen molar-refractivity contribution >= 4 is 23.6 Å². The van der Waals surface area contributed by atoms with E-state index in [1.54, 1.807) is 0 Å². The van der Waals surface area contributed by atoms with Crippen LogP contribution >= 0.6 is 23.6 Å². The molecule has 0 aliphatic carbocycles. The van der Waals surface area contributed by atoms with Gasteiger partial charge in [-0.1, -0.05) is 0 Å². The third-order valence-corrected chi connectivity index (χ3v) is 0.636. The van der Waals surface area contributed by atoms with Crippen molar-refractivity contribution in [3.63, 3.8) is 0 Å². The smallest absolute Gasteiger partial charge is 0.0427 e. The monoisotopic (exact) mass is 323 g/mol. The fourth-order valence-corrected chi connectivity index (χ4v) is 0.293. The summed E-state index contributed by atoms with van der Waals surface area (Å²) in [6.07, 6.45) is 0. The minimum atomic E-state index is 0. The first-order chi connectivity index (χ1) is 2.77. The SMILES string of the molecule is NCCN(Cl)Cl.[Pt]. The summed E-state index contributed by atoms with van der Waals surface area (Å²) in [5.74, 6) is 0. The Labute approximate surface area is 67.4 Å². The Morgan fingerprint density at radius 2 is 1.86 bits per heavy atom. The van der Waals surface area contributed by atoms with E-state index in [4.69, 9.17) is 29.3 Å². The Kier molecular flexibility index (Phi) is 11.3. The number of hydrogen-bond donors (Lipinski definition) is 1. The quantitative estimate of drug-likeness (QED) is 0.752. The molecule has 0 radical (unpaired) electrons. The van der Waals surface area contributed by atoms with Gasteiger partial charge in [0, 0.05) is 34.2 Å². The van der Waals surface area contributed by atoms with Gasteiger partial charge in [0.2, 0.25) is 0 Å². The van der Waals surface area contributed by atoms with Gasteiger partial charge in [-0.25, -0.2) is 0 Å². The molecule has 0 aromatic heterocycles. The van der Waals surface area contributed by atoms with Crippen LogP contribution in [0.3, 0.4) is 0 Å². The standard InChI is InChI=1S/C2H6Cl2N2.Pt/c3-6(4)2-1-5;/h1-2,5H2;. The molecule has 0 aromatic rings. The van der Waals surface area contributed by atoms with Gasteiger partial charge >= 0.3 is 0 Å². The molecule has 2 nitrogen and oxygen atoms in total. The minimum Gasteiger partial charge on any atom is -0.329 e. The maximum Gasteiger partial charge on any atom is 0.0427 e. The van der Waals surface area contributed by atoms with Gasteiger partial charge in [0.25, 0.3) is 0 Å². The van der Waals surface area contributed by atoms with Crippen molar-refractivity contribution in [1.82, 2.24) is 3.94 Å². The molecule has 0 aromatic carbocycles. The molecule has 0 heterocycles. The van der Waals surface area contributed by atoms with E-state index in [2.05, 4.69) is 0 Å². The Morgan fingerprint density at radius 3 is 1.86 bits per heavy atom. The predicted molar refractivity (Wildman–Crippen MR) is 27.5 cm³/mol. The number of nitrogens with zero attached hydrogens (tertiary/aromatic N) is 1. The Morgan fingerprint density at radius 1 is 1.43 bits per heavy atom. The van der Waals surface area contributed by atoms with E-state index in [-0.39, 0.29) is 21.1 Å². The zero-order valence-corrected chi connectivity index (χ0v) is 7.30. The van der Waals surface area contributed by atoms with Gasteiger partial charge in [0.15, 0.2) is 0 Å². The fourth-order valence-electron chi connectivity index (χ4n) is 0.0976. The third-order valence-electron chi connectivity index (χ3n) is 0.298. The van der Waals surface area contributed by atoms with E-state index >= 15 is 0 Å². The molecule has 0 spiro atoms. The number of nitrogens with two attached hydrogens (primary N) is 1. The van der Waals surface area contributed by atoms with Crippen LogP contribution in [0.1, 0.15) is 0 Å². The van der Waals surface area contributed by atoms with Crippen molar-refractivity contribution < 1.29 is 21.1 Å². The van der Waals surface area contributed by atoms with Crippen LogP contribution in [0.25, 0.3) is 0 Å². The molecule has 2 N–H and O–H groups in total. The van der Waals surface area contributed by atoms with Crippen LogP contribution in [0.2, 0.25) is 0 Å². The van der Waals surface area contributed by atoms with Crippen molar-refractivity contribution in [2.45, 2.75) is 0 Å². The molecule has 0 atom stereocenters. The van der Waals surface area contributed by atoms with Crippen LogP contribution in [-0.4, -0.2) is 17.0 Å². The first-order valence-electron chi connectivity index (χ1n) is 1.56. The summed E-state index contributed by atoms with van der Waals surface area (Å²) >= 11 is 10.2. The van der Waals surface area contributed by atoms with Gasteiger partial charge < -0.3 is 5.73 Å². The van der Waals surface area contributed by atoms with Crippen molar-refractivity contribution in [2.75, 3.05) is 13.1 Å². The molecule has 7 heavy (non-hydrogen) atoms. The molecule has 0 aliphatic rings. The minimum absolute atomic E-state index is 0. The van der Waals surface area contributed by atoms with Crippen LogP contribution in [0.4, 0.5) is 0 Å². The van der Waals surface area contributed by atoms with Gasteiger partial charge in [-0.05, 0) is 23.6 Å². The van der Waals surface area contributed by atoms with Gasteiger partial charge in [-0.3, -0.25) is 0 Å². The van der Waals surface area contributed by atoms with E-state index in [1.807, 2.05) is 0 Å². The second-order valence-electron chi connectivity index (χ2n) is 0.815. The van der Waals surface area contributed by atoms with Gasteiger partial charge in [-0.15, -0.1) is 3.94 Å². The maximum atomic E-state index is 5.10. The summed E-state index contributed by atoms with van der Waals surface area (Å²) < 4.78 is 1.00. The van der Waals surface area contributed by atoms with E-state index in [0.717, 1.165) is 3.94 Å². The Hall–Kier alpha value is 1.19. The van der Waals surface area contributed by atoms with Gasteiger partial charge in [0.1, 0.15) is 0 Å². The second kappa shape index (κ2) is 7.19. The number of hydrogen-bond acceptors (Lipinski definition) is 2. The van der Waals surface area contributed by atoms with E-state index in [0.29, 0.717) is 13.1 Å². The third kappa shape index (κ3) is 11.0. The molecule has 0 rings (SSSR count). The molecular formula is C2H6Cl2N2Pt. The summed E-state index contributed by atoms with van der Waals surface area (Å²) in [5, 5.41) is 0. The van der Waals surface area contributed by atoms with Crippen molar-refractivity contribution in [1.29, 1.82) is 0 Å². The topological polar surface area (TPSA) is 29.3 Å². The van der Waals surface area contributed by atoms with Crippen molar-refractivity contribution in [3.8, 4) is 0 Å². The number of halogens is 2. The molecule has 0 bridgehead atoms. The molecule has 48 valence electrons. The van der Waals surface area contributed by atoms with Crippen LogP contribution in [0.15, 0.2) is 0 Å². The molecular weight excluding hydrogens is 318 g/mol. The fraction of sp³-hybridized carbons (Fsp3) is 1.00. The van der Waals surface area contributed by atoms with E-state index in [1.165, 1.54) is 0 Å². The second-order valence-corrected chi connectivity index (χ2v) is 1.80. The average molecular weight is 324 g/mol. The summed E-state index contributed by atoms with van der Waals surface area (Å²) in [5.41, 5.74) is 5.02. The first-order valence-corrected chi connectivity index (χ1v) is 2.24. The van der Waals surface area contributed by atoms with Crippen LogP contribution in [0.5, 0.6) is 0 Å². The number of rotatable bonds is 2. The maximum absolute atomic E-state index is 5.10. The molecule has 0 unspecified atom stereocenters. The molecule has 0 saturated heterocycles. The van der Waals surface area contributed by atoms with Crippen LogP contribution in [0, 0.1) is 0 Å². The van der Waals surface area contributed by atoms with Crippen LogP contribution < -0.4 is 5.73 Å². The molecule has 0 aliphatic heterocycles. The summed E-state index contributed by atoms with van der Waals surface area (Å²) in [4.78, 5) is 0. The zero-order valence-electron chi connectivity index (χ0n) is 3.51. The average Bonchev–Trinajstić information content (AvgIpc) is 1.35. The normalized spacial score (nSPS) is 8.57. The van der Waals surface area contributed by atoms with E-state index in [9.17, 15) is 0 Å². The van der Waals surface area contributed by atoms with Gasteiger partial charge in [0.05, 0.1) is 0 Å². The first kappa shape index (κ1) is 11.0. The van der Waals surface area contributed by atoms with E-state index < -0.39 is 0 Å². The largest absolute Gasteiger partial charge is 0.329 e. The molecule has 5 heteroatoms. The summed E-state index contributed by atoms with van der Waals surface area (Å²) in [6, 6.07) is 0.